The van der Waals surface area contributed by atoms with Crippen molar-refractivity contribution in [2.45, 2.75) is 25.9 Å². The molecule has 4 heteroatoms. The van der Waals surface area contributed by atoms with Gasteiger partial charge < -0.3 is 10.5 Å². The molecule has 0 bridgehead atoms. The summed E-state index contributed by atoms with van der Waals surface area (Å²) in [6, 6.07) is 4.28. The molecule has 2 nitrogen and oxygen atoms in total. The van der Waals surface area contributed by atoms with Crippen LogP contribution in [-0.2, 0) is 11.2 Å². The molecular formula is C11H16BrNOS. The third kappa shape index (κ3) is 2.28. The molecule has 1 fully saturated rings. The molecule has 2 atom stereocenters. The summed E-state index contributed by atoms with van der Waals surface area (Å²) < 4.78 is 6.84. The molecule has 0 radical (unpaired) electrons. The van der Waals surface area contributed by atoms with Crippen LogP contribution >= 0.6 is 27.3 Å². The summed E-state index contributed by atoms with van der Waals surface area (Å²) in [5.74, 6) is 0. The van der Waals surface area contributed by atoms with Crippen molar-refractivity contribution in [3.05, 3.63) is 20.8 Å². The van der Waals surface area contributed by atoms with Gasteiger partial charge in [0, 0.05) is 23.4 Å². The normalized spacial score (nSPS) is 31.0. The van der Waals surface area contributed by atoms with E-state index in [-0.39, 0.29) is 11.5 Å². The van der Waals surface area contributed by atoms with Crippen LogP contribution in [0.3, 0.4) is 0 Å². The quantitative estimate of drug-likeness (QED) is 0.929. The minimum Gasteiger partial charge on any atom is -0.378 e. The molecule has 15 heavy (non-hydrogen) atoms. The molecule has 2 unspecified atom stereocenters. The molecule has 2 rings (SSSR count). The maximum absolute atomic E-state index is 5.93. The van der Waals surface area contributed by atoms with Crippen LogP contribution < -0.4 is 5.73 Å². The molecule has 2 N–H and O–H groups in total. The summed E-state index contributed by atoms with van der Waals surface area (Å²) >= 11 is 5.29. The fourth-order valence-electron chi connectivity index (χ4n) is 2.19. The largest absolute Gasteiger partial charge is 0.378 e. The number of rotatable bonds is 3. The SMILES string of the molecule is CC1OCCC1(CN)Cc1ccc(Br)s1. The van der Waals surface area contributed by atoms with Gasteiger partial charge in [0.2, 0.25) is 0 Å². The van der Waals surface area contributed by atoms with Gasteiger partial charge in [0.05, 0.1) is 9.89 Å². The van der Waals surface area contributed by atoms with E-state index >= 15 is 0 Å². The van der Waals surface area contributed by atoms with Gasteiger partial charge in [-0.2, -0.15) is 0 Å². The van der Waals surface area contributed by atoms with Crippen molar-refractivity contribution in [3.63, 3.8) is 0 Å². The average molecular weight is 290 g/mol. The maximum atomic E-state index is 5.93. The zero-order valence-corrected chi connectivity index (χ0v) is 11.2. The number of thiophene rings is 1. The fraction of sp³-hybridized carbons (Fsp3) is 0.636. The van der Waals surface area contributed by atoms with Gasteiger partial charge in [0.1, 0.15) is 0 Å². The van der Waals surface area contributed by atoms with Crippen LogP contribution in [0.4, 0.5) is 0 Å². The van der Waals surface area contributed by atoms with E-state index in [1.165, 1.54) is 8.66 Å². The van der Waals surface area contributed by atoms with Gasteiger partial charge in [0.15, 0.2) is 0 Å². The van der Waals surface area contributed by atoms with Gasteiger partial charge in [-0.3, -0.25) is 0 Å². The summed E-state index contributed by atoms with van der Waals surface area (Å²) in [5, 5.41) is 0. The molecule has 1 saturated heterocycles. The van der Waals surface area contributed by atoms with Crippen molar-refractivity contribution in [2.75, 3.05) is 13.2 Å². The van der Waals surface area contributed by atoms with Gasteiger partial charge in [0.25, 0.3) is 0 Å². The van der Waals surface area contributed by atoms with Crippen LogP contribution in [0.2, 0.25) is 0 Å². The van der Waals surface area contributed by atoms with E-state index in [2.05, 4.69) is 35.0 Å². The predicted molar refractivity (Wildman–Crippen MR) is 67.2 cm³/mol. The Labute approximate surface area is 103 Å². The molecule has 0 saturated carbocycles. The molecule has 1 aliphatic heterocycles. The Balaban J connectivity index is 2.14. The van der Waals surface area contributed by atoms with E-state index in [4.69, 9.17) is 10.5 Å². The van der Waals surface area contributed by atoms with Gasteiger partial charge in [-0.05, 0) is 47.8 Å². The highest BCUT2D eigenvalue weighted by Crippen LogP contribution is 2.39. The molecule has 2 heterocycles. The lowest BCUT2D eigenvalue weighted by Crippen LogP contribution is -2.38. The number of hydrogen-bond donors (Lipinski definition) is 1. The summed E-state index contributed by atoms with van der Waals surface area (Å²) in [6.45, 7) is 3.71. The Morgan fingerprint density at radius 3 is 2.93 bits per heavy atom. The first kappa shape index (κ1) is 11.6. The molecule has 0 aromatic carbocycles. The highest BCUT2D eigenvalue weighted by atomic mass is 79.9. The fourth-order valence-corrected chi connectivity index (χ4v) is 3.82. The van der Waals surface area contributed by atoms with Crippen LogP contribution in [0.15, 0.2) is 15.9 Å². The number of halogens is 1. The molecule has 0 aliphatic carbocycles. The first-order valence-corrected chi connectivity index (χ1v) is 6.83. The predicted octanol–water partition coefficient (Wildman–Crippen LogP) is 2.81. The standard InChI is InChI=1S/C11H16BrNOS/c1-8-11(7-13,4-5-14-8)6-9-2-3-10(12)15-9/h2-3,8H,4-7,13H2,1H3. The van der Waals surface area contributed by atoms with E-state index in [1.807, 2.05) is 0 Å². The topological polar surface area (TPSA) is 35.2 Å². The van der Waals surface area contributed by atoms with Gasteiger partial charge in [-0.25, -0.2) is 0 Å². The Morgan fingerprint density at radius 1 is 1.67 bits per heavy atom. The molecule has 1 aromatic heterocycles. The number of nitrogens with two attached hydrogens (primary N) is 1. The lowest BCUT2D eigenvalue weighted by molar-refractivity contribution is 0.0677. The lowest BCUT2D eigenvalue weighted by Gasteiger charge is -2.30. The Bertz CT molecular complexity index is 341. The van der Waals surface area contributed by atoms with Crippen molar-refractivity contribution in [1.29, 1.82) is 0 Å². The lowest BCUT2D eigenvalue weighted by atomic mass is 9.78. The van der Waals surface area contributed by atoms with Crippen molar-refractivity contribution < 1.29 is 4.74 Å². The van der Waals surface area contributed by atoms with Gasteiger partial charge in [-0.15, -0.1) is 11.3 Å². The molecule has 84 valence electrons. The minimum absolute atomic E-state index is 0.157. The monoisotopic (exact) mass is 289 g/mol. The molecular weight excluding hydrogens is 274 g/mol. The Hall–Kier alpha value is 0.1000. The average Bonchev–Trinajstić information content (AvgIpc) is 2.76. The van der Waals surface area contributed by atoms with Crippen molar-refractivity contribution in [2.24, 2.45) is 11.1 Å². The van der Waals surface area contributed by atoms with Crippen LogP contribution in [0.5, 0.6) is 0 Å². The summed E-state index contributed by atoms with van der Waals surface area (Å²) in [4.78, 5) is 1.39. The van der Waals surface area contributed by atoms with Crippen molar-refractivity contribution in [1.82, 2.24) is 0 Å². The Kier molecular flexibility index (Phi) is 3.50. The van der Waals surface area contributed by atoms with Crippen LogP contribution in [0.1, 0.15) is 18.2 Å². The number of hydrogen-bond acceptors (Lipinski definition) is 3. The van der Waals surface area contributed by atoms with Crippen LogP contribution in [-0.4, -0.2) is 19.3 Å². The van der Waals surface area contributed by atoms with E-state index in [1.54, 1.807) is 11.3 Å². The van der Waals surface area contributed by atoms with Gasteiger partial charge in [-0.1, -0.05) is 0 Å². The first-order chi connectivity index (χ1) is 7.16. The summed E-state index contributed by atoms with van der Waals surface area (Å²) in [5.41, 5.74) is 6.08. The van der Waals surface area contributed by atoms with E-state index in [9.17, 15) is 0 Å². The van der Waals surface area contributed by atoms with Crippen molar-refractivity contribution in [3.8, 4) is 0 Å². The maximum Gasteiger partial charge on any atom is 0.0701 e. The highest BCUT2D eigenvalue weighted by molar-refractivity contribution is 9.11. The van der Waals surface area contributed by atoms with Crippen LogP contribution in [0.25, 0.3) is 0 Å². The van der Waals surface area contributed by atoms with Crippen LogP contribution in [0, 0.1) is 5.41 Å². The second-order valence-corrected chi connectivity index (χ2v) is 6.76. The second kappa shape index (κ2) is 4.53. The molecule has 1 aromatic rings. The third-order valence-electron chi connectivity index (χ3n) is 3.39. The molecule has 0 amide bonds. The molecule has 0 spiro atoms. The first-order valence-electron chi connectivity index (χ1n) is 5.22. The highest BCUT2D eigenvalue weighted by Gasteiger charge is 2.40. The van der Waals surface area contributed by atoms with E-state index < -0.39 is 0 Å². The second-order valence-electron chi connectivity index (χ2n) is 4.21. The summed E-state index contributed by atoms with van der Waals surface area (Å²) in [6.07, 6.45) is 2.41. The van der Waals surface area contributed by atoms with Crippen molar-refractivity contribution >= 4 is 27.3 Å². The minimum atomic E-state index is 0.157. The van der Waals surface area contributed by atoms with E-state index in [0.29, 0.717) is 6.54 Å². The Morgan fingerprint density at radius 2 is 2.47 bits per heavy atom. The molecule has 1 aliphatic rings. The third-order valence-corrected chi connectivity index (χ3v) is 5.02. The van der Waals surface area contributed by atoms with Gasteiger partial charge >= 0.3 is 0 Å². The smallest absolute Gasteiger partial charge is 0.0701 e. The summed E-state index contributed by atoms with van der Waals surface area (Å²) in [7, 11) is 0. The zero-order chi connectivity index (χ0) is 10.9. The zero-order valence-electron chi connectivity index (χ0n) is 8.83. The van der Waals surface area contributed by atoms with E-state index in [0.717, 1.165) is 19.4 Å². The number of ether oxygens (including phenoxy) is 1.